The Bertz CT molecular complexity index is 864. The maximum Gasteiger partial charge on any atom is 0.223 e. The number of nitrogens with zero attached hydrogens (tertiary/aromatic N) is 3. The number of fused-ring (bicyclic) bond motifs is 2. The van der Waals surface area contributed by atoms with Gasteiger partial charge in [-0.2, -0.15) is 0 Å². The number of carbonyl (C=O) groups excluding carboxylic acids is 1. The molecule has 3 aromatic rings. The van der Waals surface area contributed by atoms with E-state index in [-0.39, 0.29) is 5.91 Å². The van der Waals surface area contributed by atoms with Crippen molar-refractivity contribution in [1.29, 1.82) is 0 Å². The van der Waals surface area contributed by atoms with E-state index in [1.54, 1.807) is 11.3 Å². The molecule has 0 bridgehead atoms. The van der Waals surface area contributed by atoms with Crippen molar-refractivity contribution in [2.24, 2.45) is 7.05 Å². The summed E-state index contributed by atoms with van der Waals surface area (Å²) >= 11 is 1.66. The molecule has 2 aromatic heterocycles. The first-order valence-corrected chi connectivity index (χ1v) is 8.82. The molecule has 5 heteroatoms. The van der Waals surface area contributed by atoms with Crippen molar-refractivity contribution in [1.82, 2.24) is 14.5 Å². The minimum atomic E-state index is 0.247. The number of aromatic nitrogens is 2. The van der Waals surface area contributed by atoms with Gasteiger partial charge in [-0.25, -0.2) is 4.98 Å². The number of amides is 1. The molecule has 1 aromatic carbocycles. The number of carbonyl (C=O) groups is 1. The molecule has 0 aliphatic carbocycles. The van der Waals surface area contributed by atoms with Gasteiger partial charge in [-0.15, -0.1) is 11.3 Å². The minimum absolute atomic E-state index is 0.247. The zero-order chi connectivity index (χ0) is 15.8. The Kier molecular flexibility index (Phi) is 3.65. The van der Waals surface area contributed by atoms with Gasteiger partial charge in [0.05, 0.1) is 17.7 Å². The number of hydrogen-bond donors (Lipinski definition) is 0. The molecule has 0 spiro atoms. The molecule has 1 aliphatic rings. The van der Waals surface area contributed by atoms with E-state index in [0.717, 1.165) is 25.9 Å². The van der Waals surface area contributed by atoms with Crippen molar-refractivity contribution in [3.63, 3.8) is 0 Å². The molecule has 0 atom stereocenters. The van der Waals surface area contributed by atoms with Crippen LogP contribution in [-0.4, -0.2) is 26.9 Å². The van der Waals surface area contributed by atoms with Crippen molar-refractivity contribution in [2.45, 2.75) is 25.8 Å². The third-order valence-corrected chi connectivity index (χ3v) is 5.48. The molecule has 23 heavy (non-hydrogen) atoms. The van der Waals surface area contributed by atoms with Gasteiger partial charge in [0.15, 0.2) is 0 Å². The van der Waals surface area contributed by atoms with E-state index < -0.39 is 0 Å². The van der Waals surface area contributed by atoms with E-state index in [9.17, 15) is 4.79 Å². The Hall–Kier alpha value is -2.14. The molecule has 4 rings (SSSR count). The monoisotopic (exact) mass is 325 g/mol. The summed E-state index contributed by atoms with van der Waals surface area (Å²) in [6.07, 6.45) is 4.41. The van der Waals surface area contributed by atoms with E-state index in [1.165, 1.54) is 27.0 Å². The summed E-state index contributed by atoms with van der Waals surface area (Å²) in [6, 6.07) is 8.37. The predicted molar refractivity (Wildman–Crippen MR) is 92.5 cm³/mol. The molecular formula is C18H19N3OS. The molecule has 0 saturated carbocycles. The standard InChI is InChI=1S/C18H19N3OS/c1-20-10-13(14-4-2-3-5-16(14)20)6-7-18(22)21-9-8-15-17(11-21)23-12-19-15/h2-5,10,12H,6-9,11H2,1H3. The summed E-state index contributed by atoms with van der Waals surface area (Å²) in [5.41, 5.74) is 5.54. The van der Waals surface area contributed by atoms with Gasteiger partial charge in [-0.3, -0.25) is 4.79 Å². The first-order valence-electron chi connectivity index (χ1n) is 7.94. The first-order chi connectivity index (χ1) is 11.2. The second-order valence-corrected chi connectivity index (χ2v) is 7.01. The van der Waals surface area contributed by atoms with Gasteiger partial charge >= 0.3 is 0 Å². The van der Waals surface area contributed by atoms with Crippen molar-refractivity contribution in [3.8, 4) is 0 Å². The number of hydrogen-bond acceptors (Lipinski definition) is 3. The van der Waals surface area contributed by atoms with E-state index in [0.29, 0.717) is 6.42 Å². The Morgan fingerprint density at radius 3 is 3.13 bits per heavy atom. The van der Waals surface area contributed by atoms with E-state index in [2.05, 4.69) is 47.1 Å². The summed E-state index contributed by atoms with van der Waals surface area (Å²) in [5.74, 6) is 0.247. The Morgan fingerprint density at radius 1 is 1.35 bits per heavy atom. The number of aryl methyl sites for hydroxylation is 2. The van der Waals surface area contributed by atoms with Crippen LogP contribution in [0.4, 0.5) is 0 Å². The highest BCUT2D eigenvalue weighted by atomic mass is 32.1. The number of benzene rings is 1. The largest absolute Gasteiger partial charge is 0.350 e. The quantitative estimate of drug-likeness (QED) is 0.742. The van der Waals surface area contributed by atoms with Crippen LogP contribution in [-0.2, 0) is 31.2 Å². The van der Waals surface area contributed by atoms with Gasteiger partial charge in [-0.05, 0) is 18.1 Å². The van der Waals surface area contributed by atoms with Crippen LogP contribution in [0.1, 0.15) is 22.6 Å². The van der Waals surface area contributed by atoms with E-state index in [4.69, 9.17) is 0 Å². The molecule has 0 fully saturated rings. The van der Waals surface area contributed by atoms with Gasteiger partial charge in [-0.1, -0.05) is 18.2 Å². The maximum absolute atomic E-state index is 12.5. The third kappa shape index (κ3) is 2.65. The zero-order valence-electron chi connectivity index (χ0n) is 13.2. The molecule has 4 nitrogen and oxygen atoms in total. The molecule has 0 N–H and O–H groups in total. The second-order valence-electron chi connectivity index (χ2n) is 6.07. The van der Waals surface area contributed by atoms with Crippen molar-refractivity contribution in [3.05, 3.63) is 52.1 Å². The van der Waals surface area contributed by atoms with Crippen LogP contribution in [0.2, 0.25) is 0 Å². The lowest BCUT2D eigenvalue weighted by molar-refractivity contribution is -0.132. The van der Waals surface area contributed by atoms with Gasteiger partial charge in [0.2, 0.25) is 5.91 Å². The fourth-order valence-corrected chi connectivity index (χ4v) is 4.19. The summed E-state index contributed by atoms with van der Waals surface area (Å²) < 4.78 is 2.14. The molecule has 118 valence electrons. The molecule has 3 heterocycles. The van der Waals surface area contributed by atoms with E-state index in [1.807, 2.05) is 10.4 Å². The second kappa shape index (κ2) is 5.81. The molecule has 0 radical (unpaired) electrons. The highest BCUT2D eigenvalue weighted by Gasteiger charge is 2.22. The normalized spacial score (nSPS) is 14.2. The van der Waals surface area contributed by atoms with E-state index >= 15 is 0 Å². The first kappa shape index (κ1) is 14.5. The lowest BCUT2D eigenvalue weighted by Crippen LogP contribution is -2.35. The summed E-state index contributed by atoms with van der Waals surface area (Å²) in [4.78, 5) is 20.1. The van der Waals surface area contributed by atoms with Crippen molar-refractivity contribution in [2.75, 3.05) is 6.54 Å². The molecule has 0 saturated heterocycles. The SMILES string of the molecule is Cn1cc(CCC(=O)N2CCc3ncsc3C2)c2ccccc21. The summed E-state index contributed by atoms with van der Waals surface area (Å²) in [7, 11) is 2.06. The average molecular weight is 325 g/mol. The number of para-hydroxylation sites is 1. The molecular weight excluding hydrogens is 306 g/mol. The number of rotatable bonds is 3. The van der Waals surface area contributed by atoms with Gasteiger partial charge in [0.25, 0.3) is 0 Å². The lowest BCUT2D eigenvalue weighted by atomic mass is 10.1. The van der Waals surface area contributed by atoms with Crippen LogP contribution in [0.5, 0.6) is 0 Å². The molecule has 1 amide bonds. The van der Waals surface area contributed by atoms with Gasteiger partial charge in [0, 0.05) is 48.4 Å². The summed E-state index contributed by atoms with van der Waals surface area (Å²) in [5, 5.41) is 1.26. The highest BCUT2D eigenvalue weighted by Crippen LogP contribution is 2.24. The predicted octanol–water partition coefficient (Wildman–Crippen LogP) is 3.15. The third-order valence-electron chi connectivity index (χ3n) is 4.62. The van der Waals surface area contributed by atoms with Gasteiger partial charge < -0.3 is 9.47 Å². The molecule has 1 aliphatic heterocycles. The molecule has 0 unspecified atom stereocenters. The van der Waals surface area contributed by atoms with Crippen LogP contribution in [0, 0.1) is 0 Å². The van der Waals surface area contributed by atoms with Crippen LogP contribution in [0.3, 0.4) is 0 Å². The average Bonchev–Trinajstić information content (AvgIpc) is 3.17. The maximum atomic E-state index is 12.5. The topological polar surface area (TPSA) is 38.1 Å². The fourth-order valence-electron chi connectivity index (χ4n) is 3.36. The highest BCUT2D eigenvalue weighted by molar-refractivity contribution is 7.09. The van der Waals surface area contributed by atoms with Crippen LogP contribution in [0.25, 0.3) is 10.9 Å². The summed E-state index contributed by atoms with van der Waals surface area (Å²) in [6.45, 7) is 1.53. The Labute approximate surface area is 139 Å². The van der Waals surface area contributed by atoms with Crippen molar-refractivity contribution >= 4 is 28.1 Å². The number of thiazole rings is 1. The lowest BCUT2D eigenvalue weighted by Gasteiger charge is -2.26. The van der Waals surface area contributed by atoms with Crippen LogP contribution < -0.4 is 0 Å². The smallest absolute Gasteiger partial charge is 0.223 e. The van der Waals surface area contributed by atoms with Crippen LogP contribution >= 0.6 is 11.3 Å². The Balaban J connectivity index is 1.45. The fraction of sp³-hybridized carbons (Fsp3) is 0.333. The van der Waals surface area contributed by atoms with Crippen molar-refractivity contribution < 1.29 is 4.79 Å². The zero-order valence-corrected chi connectivity index (χ0v) is 14.0. The minimum Gasteiger partial charge on any atom is -0.350 e. The van der Waals surface area contributed by atoms with Gasteiger partial charge in [0.1, 0.15) is 0 Å². The Morgan fingerprint density at radius 2 is 2.22 bits per heavy atom. The van der Waals surface area contributed by atoms with Crippen LogP contribution in [0.15, 0.2) is 36.0 Å².